The summed E-state index contributed by atoms with van der Waals surface area (Å²) in [4.78, 5) is 1.73. The Kier molecular flexibility index (Phi) is 3.47. The van der Waals surface area contributed by atoms with E-state index in [-0.39, 0.29) is 5.82 Å². The van der Waals surface area contributed by atoms with Gasteiger partial charge in [-0.25, -0.2) is 4.39 Å². The molecule has 1 aromatic carbocycles. The van der Waals surface area contributed by atoms with Gasteiger partial charge in [0.2, 0.25) is 0 Å². The molecule has 0 aliphatic rings. The molecule has 1 aromatic rings. The predicted octanol–water partition coefficient (Wildman–Crippen LogP) is 2.35. The summed E-state index contributed by atoms with van der Waals surface area (Å²) >= 11 is 0. The molecule has 0 saturated heterocycles. The third-order valence-corrected chi connectivity index (χ3v) is 2.02. The van der Waals surface area contributed by atoms with Crippen molar-refractivity contribution in [1.82, 2.24) is 0 Å². The van der Waals surface area contributed by atoms with Crippen molar-refractivity contribution in [1.29, 1.82) is 5.26 Å². The van der Waals surface area contributed by atoms with E-state index in [1.165, 1.54) is 6.07 Å². The van der Waals surface area contributed by atoms with Gasteiger partial charge in [0, 0.05) is 20.5 Å². The van der Waals surface area contributed by atoms with Crippen molar-refractivity contribution >= 4 is 5.69 Å². The second-order valence-corrected chi connectivity index (χ2v) is 3.34. The maximum absolute atomic E-state index is 13.4. The van der Waals surface area contributed by atoms with E-state index in [9.17, 15) is 4.39 Å². The molecular formula is C11H13FN2. The van der Waals surface area contributed by atoms with Crippen LogP contribution in [0.25, 0.3) is 0 Å². The highest BCUT2D eigenvalue weighted by Gasteiger charge is 2.04. The number of aryl methyl sites for hydroxylation is 1. The van der Waals surface area contributed by atoms with Gasteiger partial charge in [0.1, 0.15) is 5.82 Å². The number of nitriles is 1. The molecule has 0 unspecified atom stereocenters. The minimum absolute atomic E-state index is 0.231. The molecule has 0 amide bonds. The summed E-state index contributed by atoms with van der Waals surface area (Å²) in [6.07, 6.45) is 1.04. The van der Waals surface area contributed by atoms with Crippen LogP contribution in [0.5, 0.6) is 0 Å². The quantitative estimate of drug-likeness (QED) is 0.735. The average molecular weight is 192 g/mol. The zero-order chi connectivity index (χ0) is 10.6. The molecule has 2 nitrogen and oxygen atoms in total. The van der Waals surface area contributed by atoms with Crippen molar-refractivity contribution in [2.75, 3.05) is 19.0 Å². The Bertz CT molecular complexity index is 353. The number of rotatable bonds is 3. The lowest BCUT2D eigenvalue weighted by Crippen LogP contribution is -2.10. The number of halogens is 1. The molecule has 0 N–H and O–H groups in total. The fourth-order valence-corrected chi connectivity index (χ4v) is 1.27. The molecule has 0 aliphatic heterocycles. The van der Waals surface area contributed by atoms with E-state index in [1.54, 1.807) is 25.1 Å². The van der Waals surface area contributed by atoms with Crippen LogP contribution < -0.4 is 4.90 Å². The number of anilines is 1. The first kappa shape index (κ1) is 10.5. The average Bonchev–Trinajstić information content (AvgIpc) is 2.14. The standard InChI is InChI=1S/C11H13FN2/c1-14(2)11-6-5-9(4-3-7-13)8-10(11)12/h5-6,8H,3-4H2,1-2H3. The van der Waals surface area contributed by atoms with E-state index in [0.717, 1.165) is 5.56 Å². The molecule has 1 rings (SSSR count). The number of benzene rings is 1. The van der Waals surface area contributed by atoms with Crippen LogP contribution in [0.2, 0.25) is 0 Å². The maximum atomic E-state index is 13.4. The van der Waals surface area contributed by atoms with Crippen LogP contribution in [0, 0.1) is 17.1 Å². The number of hydrogen-bond acceptors (Lipinski definition) is 2. The van der Waals surface area contributed by atoms with E-state index < -0.39 is 0 Å². The molecule has 0 heterocycles. The summed E-state index contributed by atoms with van der Waals surface area (Å²) in [5.74, 6) is -0.231. The van der Waals surface area contributed by atoms with Gasteiger partial charge in [0.05, 0.1) is 11.8 Å². The highest BCUT2D eigenvalue weighted by atomic mass is 19.1. The van der Waals surface area contributed by atoms with Crippen molar-refractivity contribution in [3.8, 4) is 6.07 Å². The van der Waals surface area contributed by atoms with Gasteiger partial charge in [-0.15, -0.1) is 0 Å². The van der Waals surface area contributed by atoms with Crippen molar-refractivity contribution in [3.63, 3.8) is 0 Å². The van der Waals surface area contributed by atoms with Gasteiger partial charge in [-0.05, 0) is 24.1 Å². The van der Waals surface area contributed by atoms with Crippen molar-refractivity contribution in [3.05, 3.63) is 29.6 Å². The summed E-state index contributed by atoms with van der Waals surface area (Å²) in [6, 6.07) is 7.13. The van der Waals surface area contributed by atoms with E-state index in [2.05, 4.69) is 0 Å². The van der Waals surface area contributed by atoms with Gasteiger partial charge in [-0.3, -0.25) is 0 Å². The summed E-state index contributed by atoms with van der Waals surface area (Å²) in [5.41, 5.74) is 1.44. The van der Waals surface area contributed by atoms with Crippen LogP contribution in [0.1, 0.15) is 12.0 Å². The molecule has 0 atom stereocenters. The fraction of sp³-hybridized carbons (Fsp3) is 0.364. The van der Waals surface area contributed by atoms with E-state index >= 15 is 0 Å². The Labute approximate surface area is 83.6 Å². The predicted molar refractivity (Wildman–Crippen MR) is 54.7 cm³/mol. The molecule has 0 aromatic heterocycles. The van der Waals surface area contributed by atoms with Gasteiger partial charge in [-0.2, -0.15) is 5.26 Å². The van der Waals surface area contributed by atoms with Gasteiger partial charge >= 0.3 is 0 Å². The van der Waals surface area contributed by atoms with E-state index in [1.807, 2.05) is 12.1 Å². The topological polar surface area (TPSA) is 27.0 Å². The number of hydrogen-bond donors (Lipinski definition) is 0. The molecule has 14 heavy (non-hydrogen) atoms. The van der Waals surface area contributed by atoms with Crippen LogP contribution in [-0.4, -0.2) is 14.1 Å². The smallest absolute Gasteiger partial charge is 0.146 e. The van der Waals surface area contributed by atoms with Crippen LogP contribution in [0.3, 0.4) is 0 Å². The second kappa shape index (κ2) is 4.61. The van der Waals surface area contributed by atoms with Crippen molar-refractivity contribution in [2.24, 2.45) is 0 Å². The minimum Gasteiger partial charge on any atom is -0.375 e. The van der Waals surface area contributed by atoms with Crippen LogP contribution in [0.4, 0.5) is 10.1 Å². The largest absolute Gasteiger partial charge is 0.375 e. The molecule has 0 saturated carbocycles. The first-order chi connectivity index (χ1) is 6.65. The molecule has 74 valence electrons. The molecule has 3 heteroatoms. The molecule has 0 radical (unpaired) electrons. The normalized spacial score (nSPS) is 9.57. The monoisotopic (exact) mass is 192 g/mol. The van der Waals surface area contributed by atoms with Crippen LogP contribution >= 0.6 is 0 Å². The Hall–Kier alpha value is -1.56. The van der Waals surface area contributed by atoms with Crippen molar-refractivity contribution < 1.29 is 4.39 Å². The first-order valence-corrected chi connectivity index (χ1v) is 4.48. The third-order valence-electron chi connectivity index (χ3n) is 2.02. The van der Waals surface area contributed by atoms with E-state index in [0.29, 0.717) is 18.5 Å². The van der Waals surface area contributed by atoms with Gasteiger partial charge in [0.15, 0.2) is 0 Å². The van der Waals surface area contributed by atoms with Gasteiger partial charge in [0.25, 0.3) is 0 Å². The summed E-state index contributed by atoms with van der Waals surface area (Å²) in [5, 5.41) is 8.39. The first-order valence-electron chi connectivity index (χ1n) is 4.48. The van der Waals surface area contributed by atoms with Crippen molar-refractivity contribution in [2.45, 2.75) is 12.8 Å². The highest BCUT2D eigenvalue weighted by Crippen LogP contribution is 2.18. The molecule has 0 bridgehead atoms. The lowest BCUT2D eigenvalue weighted by atomic mass is 10.1. The highest BCUT2D eigenvalue weighted by molar-refractivity contribution is 5.47. The minimum atomic E-state index is -0.231. The summed E-state index contributed by atoms with van der Waals surface area (Å²) in [7, 11) is 3.60. The van der Waals surface area contributed by atoms with Crippen LogP contribution in [-0.2, 0) is 6.42 Å². The maximum Gasteiger partial charge on any atom is 0.146 e. The van der Waals surface area contributed by atoms with E-state index in [4.69, 9.17) is 5.26 Å². The molecular weight excluding hydrogens is 179 g/mol. The summed E-state index contributed by atoms with van der Waals surface area (Å²) in [6.45, 7) is 0. The summed E-state index contributed by atoms with van der Waals surface area (Å²) < 4.78 is 13.4. The van der Waals surface area contributed by atoms with Gasteiger partial charge < -0.3 is 4.90 Å². The Morgan fingerprint density at radius 1 is 1.43 bits per heavy atom. The molecule has 0 aliphatic carbocycles. The zero-order valence-electron chi connectivity index (χ0n) is 8.42. The number of nitrogens with zero attached hydrogens (tertiary/aromatic N) is 2. The lowest BCUT2D eigenvalue weighted by molar-refractivity contribution is 0.623. The Morgan fingerprint density at radius 3 is 2.64 bits per heavy atom. The van der Waals surface area contributed by atoms with Gasteiger partial charge in [-0.1, -0.05) is 6.07 Å². The Balaban J connectivity index is 2.85. The fourth-order valence-electron chi connectivity index (χ4n) is 1.27. The van der Waals surface area contributed by atoms with Crippen LogP contribution in [0.15, 0.2) is 18.2 Å². The third kappa shape index (κ3) is 2.46. The molecule has 0 spiro atoms. The Morgan fingerprint density at radius 2 is 2.14 bits per heavy atom. The SMILES string of the molecule is CN(C)c1ccc(CCC#N)cc1F. The lowest BCUT2D eigenvalue weighted by Gasteiger charge is -2.13. The molecule has 0 fully saturated rings. The second-order valence-electron chi connectivity index (χ2n) is 3.34. The zero-order valence-corrected chi connectivity index (χ0v) is 8.42.